The highest BCUT2D eigenvalue weighted by molar-refractivity contribution is 7.89. The van der Waals surface area contributed by atoms with E-state index >= 15 is 0 Å². The molecule has 120 valence electrons. The van der Waals surface area contributed by atoms with Gasteiger partial charge in [-0.25, -0.2) is 13.1 Å². The zero-order chi connectivity index (χ0) is 16.3. The Morgan fingerprint density at radius 1 is 1.24 bits per heavy atom. The summed E-state index contributed by atoms with van der Waals surface area (Å²) in [6.07, 6.45) is 0.538. The van der Waals surface area contributed by atoms with Gasteiger partial charge in [-0.1, -0.05) is 13.8 Å². The Labute approximate surface area is 127 Å². The fourth-order valence-electron chi connectivity index (χ4n) is 2.21. The second-order valence-corrected chi connectivity index (χ2v) is 7.76. The molecule has 0 radical (unpaired) electrons. The van der Waals surface area contributed by atoms with Crippen molar-refractivity contribution < 1.29 is 18.3 Å². The average Bonchev–Trinajstić information content (AvgIpc) is 2.35. The van der Waals surface area contributed by atoms with Gasteiger partial charge in [0.25, 0.3) is 0 Å². The first-order valence-electron chi connectivity index (χ1n) is 6.89. The quantitative estimate of drug-likeness (QED) is 0.807. The summed E-state index contributed by atoms with van der Waals surface area (Å²) in [5.41, 5.74) is 1.01. The average molecular weight is 315 g/mol. The minimum absolute atomic E-state index is 0.0370. The lowest BCUT2D eigenvalue weighted by Gasteiger charge is -2.24. The minimum atomic E-state index is -3.59. The van der Waals surface area contributed by atoms with Gasteiger partial charge in [0.05, 0.1) is 12.0 Å². The largest absolute Gasteiger partial charge is 0.497 e. The van der Waals surface area contributed by atoms with Gasteiger partial charge >= 0.3 is 0 Å². The molecule has 0 heterocycles. The molecule has 0 saturated carbocycles. The van der Waals surface area contributed by atoms with E-state index in [-0.39, 0.29) is 18.6 Å². The van der Waals surface area contributed by atoms with E-state index in [0.29, 0.717) is 28.2 Å². The van der Waals surface area contributed by atoms with Gasteiger partial charge in [-0.05, 0) is 48.9 Å². The first kappa shape index (κ1) is 17.9. The Hall–Kier alpha value is -1.11. The van der Waals surface area contributed by atoms with Crippen LogP contribution in [-0.4, -0.2) is 33.8 Å². The number of ether oxygens (including phenoxy) is 1. The third-order valence-corrected chi connectivity index (χ3v) is 5.17. The summed E-state index contributed by atoms with van der Waals surface area (Å²) in [7, 11) is -2.03. The fourth-order valence-corrected chi connectivity index (χ4v) is 3.90. The lowest BCUT2D eigenvalue weighted by atomic mass is 9.90. The molecule has 6 heteroatoms. The van der Waals surface area contributed by atoms with Crippen molar-refractivity contribution in [2.24, 2.45) is 5.41 Å². The highest BCUT2D eigenvalue weighted by atomic mass is 32.2. The van der Waals surface area contributed by atoms with Crippen molar-refractivity contribution in [1.82, 2.24) is 4.72 Å². The zero-order valence-electron chi connectivity index (χ0n) is 13.4. The van der Waals surface area contributed by atoms with Crippen molar-refractivity contribution in [3.05, 3.63) is 23.3 Å². The molecule has 0 atom stereocenters. The van der Waals surface area contributed by atoms with Crippen LogP contribution in [0.5, 0.6) is 5.75 Å². The number of rotatable bonds is 7. The summed E-state index contributed by atoms with van der Waals surface area (Å²) in [4.78, 5) is 0.295. The van der Waals surface area contributed by atoms with E-state index in [1.165, 1.54) is 0 Å². The SMILES string of the molecule is COc1cc(C)c(S(=O)(=O)NCC(C)(C)CCO)c(C)c1. The van der Waals surface area contributed by atoms with E-state index in [0.717, 1.165) is 0 Å². The van der Waals surface area contributed by atoms with Gasteiger partial charge in [0.2, 0.25) is 10.0 Å². The first-order valence-corrected chi connectivity index (χ1v) is 8.37. The molecule has 2 N–H and O–H groups in total. The molecule has 0 saturated heterocycles. The molecule has 21 heavy (non-hydrogen) atoms. The molecular weight excluding hydrogens is 290 g/mol. The van der Waals surface area contributed by atoms with Crippen molar-refractivity contribution in [1.29, 1.82) is 0 Å². The summed E-state index contributed by atoms with van der Waals surface area (Å²) < 4.78 is 32.8. The van der Waals surface area contributed by atoms with Crippen LogP contribution in [0.25, 0.3) is 0 Å². The number of aliphatic hydroxyl groups is 1. The highest BCUT2D eigenvalue weighted by Gasteiger charge is 2.24. The van der Waals surface area contributed by atoms with Crippen molar-refractivity contribution in [2.45, 2.75) is 39.0 Å². The lowest BCUT2D eigenvalue weighted by molar-refractivity contribution is 0.213. The first-order chi connectivity index (χ1) is 9.63. The van der Waals surface area contributed by atoms with Crippen LogP contribution >= 0.6 is 0 Å². The topological polar surface area (TPSA) is 75.6 Å². The monoisotopic (exact) mass is 315 g/mol. The minimum Gasteiger partial charge on any atom is -0.497 e. The highest BCUT2D eigenvalue weighted by Crippen LogP contribution is 2.26. The normalized spacial score (nSPS) is 12.5. The van der Waals surface area contributed by atoms with Crippen molar-refractivity contribution in [2.75, 3.05) is 20.3 Å². The number of hydrogen-bond donors (Lipinski definition) is 2. The second-order valence-electron chi connectivity index (χ2n) is 6.05. The third kappa shape index (κ3) is 4.69. The number of aryl methyl sites for hydroxylation is 2. The lowest BCUT2D eigenvalue weighted by Crippen LogP contribution is -2.35. The van der Waals surface area contributed by atoms with Crippen LogP contribution in [0.1, 0.15) is 31.4 Å². The predicted octanol–water partition coefficient (Wildman–Crippen LogP) is 2.00. The fraction of sp³-hybridized carbons (Fsp3) is 0.600. The molecule has 0 aliphatic heterocycles. The van der Waals surface area contributed by atoms with Crippen LogP contribution in [0.3, 0.4) is 0 Å². The standard InChI is InChI=1S/C15H25NO4S/c1-11-8-13(20-5)9-12(2)14(11)21(18,19)16-10-15(3,4)6-7-17/h8-9,16-17H,6-7,10H2,1-5H3. The van der Waals surface area contributed by atoms with Gasteiger partial charge in [-0.3, -0.25) is 0 Å². The number of hydrogen-bond acceptors (Lipinski definition) is 4. The predicted molar refractivity (Wildman–Crippen MR) is 83.1 cm³/mol. The van der Waals surface area contributed by atoms with Crippen LogP contribution in [0.2, 0.25) is 0 Å². The molecule has 0 aliphatic carbocycles. The van der Waals surface area contributed by atoms with E-state index in [1.54, 1.807) is 33.1 Å². The molecule has 1 aromatic rings. The molecule has 5 nitrogen and oxygen atoms in total. The molecule has 1 rings (SSSR count). The van der Waals surface area contributed by atoms with Crippen LogP contribution in [0.15, 0.2) is 17.0 Å². The van der Waals surface area contributed by atoms with Gasteiger partial charge in [-0.2, -0.15) is 0 Å². The molecule has 0 fully saturated rings. The van der Waals surface area contributed by atoms with Gasteiger partial charge in [0.15, 0.2) is 0 Å². The van der Waals surface area contributed by atoms with Crippen molar-refractivity contribution in [3.63, 3.8) is 0 Å². The maximum atomic E-state index is 12.5. The maximum absolute atomic E-state index is 12.5. The van der Waals surface area contributed by atoms with Crippen LogP contribution < -0.4 is 9.46 Å². The summed E-state index contributed by atoms with van der Waals surface area (Å²) in [5, 5.41) is 9.00. The number of benzene rings is 1. The summed E-state index contributed by atoms with van der Waals surface area (Å²) in [5.74, 6) is 0.643. The summed E-state index contributed by atoms with van der Waals surface area (Å²) >= 11 is 0. The summed E-state index contributed by atoms with van der Waals surface area (Å²) in [6, 6.07) is 3.42. The van der Waals surface area contributed by atoms with E-state index < -0.39 is 10.0 Å². The molecule has 0 aliphatic rings. The van der Waals surface area contributed by atoms with Gasteiger partial charge in [0.1, 0.15) is 5.75 Å². The zero-order valence-corrected chi connectivity index (χ0v) is 14.2. The molecule has 0 spiro atoms. The number of methoxy groups -OCH3 is 1. The van der Waals surface area contributed by atoms with E-state index in [2.05, 4.69) is 4.72 Å². The smallest absolute Gasteiger partial charge is 0.241 e. The van der Waals surface area contributed by atoms with Gasteiger partial charge in [-0.15, -0.1) is 0 Å². The van der Waals surface area contributed by atoms with Crippen LogP contribution in [0.4, 0.5) is 0 Å². The molecule has 1 aromatic carbocycles. The Morgan fingerprint density at radius 2 is 1.76 bits per heavy atom. The van der Waals surface area contributed by atoms with E-state index in [1.807, 2.05) is 13.8 Å². The van der Waals surface area contributed by atoms with Gasteiger partial charge in [0, 0.05) is 13.2 Å². The number of aliphatic hydroxyl groups excluding tert-OH is 1. The van der Waals surface area contributed by atoms with Gasteiger partial charge < -0.3 is 9.84 Å². The third-order valence-electron chi connectivity index (χ3n) is 3.47. The van der Waals surface area contributed by atoms with E-state index in [9.17, 15) is 8.42 Å². The Kier molecular flexibility index (Phi) is 5.78. The second kappa shape index (κ2) is 6.77. The van der Waals surface area contributed by atoms with Crippen molar-refractivity contribution in [3.8, 4) is 5.75 Å². The summed E-state index contributed by atoms with van der Waals surface area (Å²) in [6.45, 7) is 7.65. The Balaban J connectivity index is 3.04. The Morgan fingerprint density at radius 3 is 2.19 bits per heavy atom. The van der Waals surface area contributed by atoms with Crippen molar-refractivity contribution >= 4 is 10.0 Å². The van der Waals surface area contributed by atoms with E-state index in [4.69, 9.17) is 9.84 Å². The Bertz CT molecular complexity index is 571. The molecule has 0 unspecified atom stereocenters. The molecular formula is C15H25NO4S. The maximum Gasteiger partial charge on any atom is 0.241 e. The molecule has 0 aromatic heterocycles. The molecule has 0 amide bonds. The number of nitrogens with one attached hydrogen (secondary N) is 1. The van der Waals surface area contributed by atoms with Crippen LogP contribution in [-0.2, 0) is 10.0 Å². The number of sulfonamides is 1. The molecule has 0 bridgehead atoms. The van der Waals surface area contributed by atoms with Crippen LogP contribution in [0, 0.1) is 19.3 Å².